The van der Waals surface area contributed by atoms with E-state index in [0.29, 0.717) is 11.3 Å². The molecule has 0 radical (unpaired) electrons. The molecule has 0 aliphatic carbocycles. The summed E-state index contributed by atoms with van der Waals surface area (Å²) in [5, 5.41) is 4.54. The molecule has 0 aliphatic heterocycles. The summed E-state index contributed by atoms with van der Waals surface area (Å²) in [7, 11) is 0. The summed E-state index contributed by atoms with van der Waals surface area (Å²) in [6, 6.07) is 5.49. The van der Waals surface area contributed by atoms with Gasteiger partial charge in [-0.2, -0.15) is 5.10 Å². The molecule has 0 amide bonds. The van der Waals surface area contributed by atoms with Gasteiger partial charge in [-0.15, -0.1) is 0 Å². The van der Waals surface area contributed by atoms with Crippen LogP contribution in [0, 0.1) is 12.7 Å². The molecular formula is C16H17FN4. The van der Waals surface area contributed by atoms with E-state index in [9.17, 15) is 4.39 Å². The first-order valence-electron chi connectivity index (χ1n) is 7.08. The third-order valence-corrected chi connectivity index (χ3v) is 3.75. The van der Waals surface area contributed by atoms with E-state index in [-0.39, 0.29) is 11.7 Å². The highest BCUT2D eigenvalue weighted by atomic mass is 19.1. The molecule has 21 heavy (non-hydrogen) atoms. The quantitative estimate of drug-likeness (QED) is 0.735. The maximum Gasteiger partial charge on any atom is 0.154 e. The lowest BCUT2D eigenvalue weighted by molar-refractivity contribution is 0.622. The molecule has 5 heteroatoms. The number of rotatable bonds is 3. The fourth-order valence-corrected chi connectivity index (χ4v) is 2.44. The Morgan fingerprint density at radius 2 is 2.10 bits per heavy atom. The number of hydrogen-bond acceptors (Lipinski definition) is 3. The smallest absolute Gasteiger partial charge is 0.154 e. The Labute approximate surface area is 122 Å². The average molecular weight is 284 g/mol. The normalized spacial score (nSPS) is 12.8. The van der Waals surface area contributed by atoms with Gasteiger partial charge < -0.3 is 0 Å². The van der Waals surface area contributed by atoms with Crippen LogP contribution in [-0.2, 0) is 0 Å². The zero-order chi connectivity index (χ0) is 15.0. The molecule has 0 saturated heterocycles. The molecule has 4 nitrogen and oxygen atoms in total. The number of halogens is 1. The molecular weight excluding hydrogens is 267 g/mol. The first-order valence-corrected chi connectivity index (χ1v) is 7.08. The largest absolute Gasteiger partial charge is 0.262 e. The number of aryl methyl sites for hydroxylation is 1. The van der Waals surface area contributed by atoms with E-state index in [1.165, 1.54) is 6.20 Å². The maximum atomic E-state index is 14.1. The molecule has 0 saturated carbocycles. The van der Waals surface area contributed by atoms with Crippen molar-refractivity contribution in [1.29, 1.82) is 0 Å². The van der Waals surface area contributed by atoms with Crippen LogP contribution in [0.2, 0.25) is 0 Å². The van der Waals surface area contributed by atoms with E-state index in [4.69, 9.17) is 0 Å². The van der Waals surface area contributed by atoms with Crippen molar-refractivity contribution in [2.45, 2.75) is 33.1 Å². The monoisotopic (exact) mass is 284 g/mol. The molecule has 0 bridgehead atoms. The predicted octanol–water partition coefficient (Wildman–Crippen LogP) is 3.75. The van der Waals surface area contributed by atoms with Crippen molar-refractivity contribution in [3.05, 3.63) is 47.8 Å². The van der Waals surface area contributed by atoms with Crippen LogP contribution in [0.15, 0.2) is 30.6 Å². The van der Waals surface area contributed by atoms with Crippen molar-refractivity contribution >= 4 is 5.65 Å². The Balaban J connectivity index is 2.34. The highest BCUT2D eigenvalue weighted by Gasteiger charge is 2.21. The molecule has 0 N–H and O–H groups in total. The number of aromatic nitrogens is 4. The molecule has 0 fully saturated rings. The first-order chi connectivity index (χ1) is 10.1. The molecule has 3 heterocycles. The van der Waals surface area contributed by atoms with Crippen molar-refractivity contribution in [3.8, 4) is 11.3 Å². The van der Waals surface area contributed by atoms with E-state index in [2.05, 4.69) is 28.9 Å². The standard InChI is InChI=1S/C16H17FN4/c1-4-10(2)16-15(12-7-8-18-9-13(12)17)19-14-6-5-11(3)20-21(14)16/h5-10H,4H2,1-3H3. The minimum atomic E-state index is -0.359. The summed E-state index contributed by atoms with van der Waals surface area (Å²) in [4.78, 5) is 8.39. The van der Waals surface area contributed by atoms with Gasteiger partial charge in [0, 0.05) is 17.7 Å². The molecule has 0 aliphatic rings. The second kappa shape index (κ2) is 5.24. The van der Waals surface area contributed by atoms with E-state index < -0.39 is 0 Å². The Bertz CT molecular complexity index is 794. The number of imidazole rings is 1. The van der Waals surface area contributed by atoms with Gasteiger partial charge in [0.2, 0.25) is 0 Å². The number of nitrogens with zero attached hydrogens (tertiary/aromatic N) is 4. The third kappa shape index (κ3) is 2.28. The Kier molecular flexibility index (Phi) is 3.41. The minimum Gasteiger partial charge on any atom is -0.262 e. The Hall–Kier alpha value is -2.30. The second-order valence-electron chi connectivity index (χ2n) is 5.26. The number of fused-ring (bicyclic) bond motifs is 1. The van der Waals surface area contributed by atoms with Crippen molar-refractivity contribution in [1.82, 2.24) is 19.6 Å². The summed E-state index contributed by atoms with van der Waals surface area (Å²) < 4.78 is 15.9. The van der Waals surface area contributed by atoms with Gasteiger partial charge in [-0.25, -0.2) is 13.9 Å². The lowest BCUT2D eigenvalue weighted by Crippen LogP contribution is -2.04. The third-order valence-electron chi connectivity index (χ3n) is 3.75. The van der Waals surface area contributed by atoms with Gasteiger partial charge in [0.15, 0.2) is 11.5 Å². The summed E-state index contributed by atoms with van der Waals surface area (Å²) in [6.07, 6.45) is 3.74. The number of hydrogen-bond donors (Lipinski definition) is 0. The van der Waals surface area contributed by atoms with Crippen LogP contribution in [-0.4, -0.2) is 19.6 Å². The highest BCUT2D eigenvalue weighted by Crippen LogP contribution is 2.32. The number of pyridine rings is 1. The molecule has 1 unspecified atom stereocenters. The van der Waals surface area contributed by atoms with Crippen LogP contribution in [0.1, 0.15) is 37.6 Å². The SMILES string of the molecule is CCC(C)c1c(-c2ccncc2F)nc2ccc(C)nn12. The van der Waals surface area contributed by atoms with E-state index in [1.807, 2.05) is 23.6 Å². The van der Waals surface area contributed by atoms with E-state index in [0.717, 1.165) is 23.5 Å². The second-order valence-corrected chi connectivity index (χ2v) is 5.26. The molecule has 3 aromatic heterocycles. The minimum absolute atomic E-state index is 0.233. The van der Waals surface area contributed by atoms with Crippen molar-refractivity contribution < 1.29 is 4.39 Å². The Morgan fingerprint density at radius 1 is 1.29 bits per heavy atom. The fraction of sp³-hybridized carbons (Fsp3) is 0.312. The fourth-order valence-electron chi connectivity index (χ4n) is 2.44. The summed E-state index contributed by atoms with van der Waals surface area (Å²) >= 11 is 0. The Morgan fingerprint density at radius 3 is 2.81 bits per heavy atom. The van der Waals surface area contributed by atoms with Crippen molar-refractivity contribution in [3.63, 3.8) is 0 Å². The van der Waals surface area contributed by atoms with Gasteiger partial charge >= 0.3 is 0 Å². The molecule has 3 rings (SSSR count). The summed E-state index contributed by atoms with van der Waals surface area (Å²) in [6.45, 7) is 6.15. The molecule has 0 spiro atoms. The molecule has 0 aromatic carbocycles. The van der Waals surface area contributed by atoms with Crippen LogP contribution in [0.25, 0.3) is 16.9 Å². The van der Waals surface area contributed by atoms with Crippen molar-refractivity contribution in [2.24, 2.45) is 0 Å². The maximum absolute atomic E-state index is 14.1. The highest BCUT2D eigenvalue weighted by molar-refractivity contribution is 5.67. The van der Waals surface area contributed by atoms with Gasteiger partial charge in [-0.05, 0) is 31.5 Å². The van der Waals surface area contributed by atoms with Gasteiger partial charge in [0.1, 0.15) is 0 Å². The topological polar surface area (TPSA) is 43.1 Å². The molecule has 3 aromatic rings. The van der Waals surface area contributed by atoms with Crippen LogP contribution in [0.5, 0.6) is 0 Å². The van der Waals surface area contributed by atoms with Crippen LogP contribution >= 0.6 is 0 Å². The van der Waals surface area contributed by atoms with Crippen LogP contribution in [0.4, 0.5) is 4.39 Å². The van der Waals surface area contributed by atoms with Gasteiger partial charge in [0.25, 0.3) is 0 Å². The summed E-state index contributed by atoms with van der Waals surface area (Å²) in [5.74, 6) is -0.126. The van der Waals surface area contributed by atoms with Gasteiger partial charge in [-0.1, -0.05) is 13.8 Å². The van der Waals surface area contributed by atoms with E-state index >= 15 is 0 Å². The van der Waals surface area contributed by atoms with Crippen LogP contribution < -0.4 is 0 Å². The average Bonchev–Trinajstić information content (AvgIpc) is 2.85. The van der Waals surface area contributed by atoms with Crippen LogP contribution in [0.3, 0.4) is 0 Å². The first kappa shape index (κ1) is 13.7. The van der Waals surface area contributed by atoms with Gasteiger partial charge in [-0.3, -0.25) is 4.98 Å². The van der Waals surface area contributed by atoms with E-state index in [1.54, 1.807) is 12.3 Å². The lowest BCUT2D eigenvalue weighted by Gasteiger charge is -2.11. The zero-order valence-corrected chi connectivity index (χ0v) is 12.3. The zero-order valence-electron chi connectivity index (χ0n) is 12.3. The van der Waals surface area contributed by atoms with Gasteiger partial charge in [0.05, 0.1) is 23.3 Å². The van der Waals surface area contributed by atoms with Crippen molar-refractivity contribution in [2.75, 3.05) is 0 Å². The predicted molar refractivity (Wildman–Crippen MR) is 79.6 cm³/mol. The molecule has 1 atom stereocenters. The lowest BCUT2D eigenvalue weighted by atomic mass is 10.00. The summed E-state index contributed by atoms with van der Waals surface area (Å²) in [5.41, 5.74) is 3.72. The molecule has 108 valence electrons.